The Balaban J connectivity index is 2.40. The molecule has 19 heavy (non-hydrogen) atoms. The summed E-state index contributed by atoms with van der Waals surface area (Å²) in [6.07, 6.45) is 0. The number of hydrogen-bond donors (Lipinski definition) is 0. The standard InChI is InChI=1S/C12H15BrFN3O2/c1-8-7-16(6-5-15(8)2)10-4-3-9(13)11(14)12(10)17(18)19/h3-4,8H,5-7H2,1-2H3/t8-/m0/s1. The molecule has 0 N–H and O–H groups in total. The molecule has 1 heterocycles. The van der Waals surface area contributed by atoms with Crippen molar-refractivity contribution in [1.82, 2.24) is 4.90 Å². The predicted molar refractivity (Wildman–Crippen MR) is 75.1 cm³/mol. The number of nitrogens with zero attached hydrogens (tertiary/aromatic N) is 3. The van der Waals surface area contributed by atoms with Gasteiger partial charge in [0.25, 0.3) is 0 Å². The monoisotopic (exact) mass is 331 g/mol. The van der Waals surface area contributed by atoms with E-state index >= 15 is 0 Å². The van der Waals surface area contributed by atoms with E-state index in [9.17, 15) is 14.5 Å². The molecule has 104 valence electrons. The lowest BCUT2D eigenvalue weighted by Crippen LogP contribution is -2.50. The second-order valence-electron chi connectivity index (χ2n) is 4.76. The molecule has 1 aromatic carbocycles. The second kappa shape index (κ2) is 5.42. The van der Waals surface area contributed by atoms with Crippen LogP contribution in [0.1, 0.15) is 6.92 Å². The molecule has 1 fully saturated rings. The van der Waals surface area contributed by atoms with E-state index in [0.29, 0.717) is 18.8 Å². The summed E-state index contributed by atoms with van der Waals surface area (Å²) in [6.45, 7) is 4.16. The summed E-state index contributed by atoms with van der Waals surface area (Å²) in [7, 11) is 2.01. The highest BCUT2D eigenvalue weighted by molar-refractivity contribution is 9.10. The molecule has 0 bridgehead atoms. The van der Waals surface area contributed by atoms with Gasteiger partial charge in [-0.05, 0) is 42.0 Å². The number of hydrogen-bond acceptors (Lipinski definition) is 4. The Morgan fingerprint density at radius 3 is 2.74 bits per heavy atom. The summed E-state index contributed by atoms with van der Waals surface area (Å²) < 4.78 is 14.0. The number of benzene rings is 1. The molecular weight excluding hydrogens is 317 g/mol. The maximum absolute atomic E-state index is 13.9. The van der Waals surface area contributed by atoms with Crippen molar-refractivity contribution in [2.45, 2.75) is 13.0 Å². The van der Waals surface area contributed by atoms with E-state index in [4.69, 9.17) is 0 Å². The van der Waals surface area contributed by atoms with Crippen LogP contribution >= 0.6 is 15.9 Å². The van der Waals surface area contributed by atoms with Gasteiger partial charge in [0.2, 0.25) is 5.82 Å². The quantitative estimate of drug-likeness (QED) is 0.617. The van der Waals surface area contributed by atoms with Crippen LogP contribution in [0.4, 0.5) is 15.8 Å². The Morgan fingerprint density at radius 2 is 2.16 bits per heavy atom. The smallest absolute Gasteiger partial charge is 0.329 e. The molecule has 0 radical (unpaired) electrons. The zero-order valence-corrected chi connectivity index (χ0v) is 12.4. The van der Waals surface area contributed by atoms with Crippen LogP contribution < -0.4 is 4.90 Å². The number of piperazine rings is 1. The summed E-state index contributed by atoms with van der Waals surface area (Å²) in [5, 5.41) is 11.1. The average Bonchev–Trinajstić information content (AvgIpc) is 2.35. The minimum Gasteiger partial charge on any atom is -0.363 e. The minimum absolute atomic E-state index is 0.116. The van der Waals surface area contributed by atoms with Gasteiger partial charge in [-0.3, -0.25) is 10.1 Å². The van der Waals surface area contributed by atoms with Crippen molar-refractivity contribution in [2.75, 3.05) is 31.6 Å². The van der Waals surface area contributed by atoms with Crippen LogP contribution in [0.2, 0.25) is 0 Å². The third-order valence-electron chi connectivity index (χ3n) is 3.53. The number of likely N-dealkylation sites (N-methyl/N-ethyl adjacent to an activating group) is 1. The van der Waals surface area contributed by atoms with Gasteiger partial charge < -0.3 is 9.80 Å². The fourth-order valence-electron chi connectivity index (χ4n) is 2.23. The van der Waals surface area contributed by atoms with Crippen molar-refractivity contribution in [3.8, 4) is 0 Å². The van der Waals surface area contributed by atoms with Crippen molar-refractivity contribution in [3.63, 3.8) is 0 Å². The first-order valence-electron chi connectivity index (χ1n) is 5.99. The molecule has 1 aliphatic heterocycles. The molecule has 1 aromatic rings. The van der Waals surface area contributed by atoms with Crippen molar-refractivity contribution < 1.29 is 9.31 Å². The van der Waals surface area contributed by atoms with Crippen molar-refractivity contribution in [1.29, 1.82) is 0 Å². The number of nitro benzene ring substituents is 1. The molecule has 0 spiro atoms. The van der Waals surface area contributed by atoms with Gasteiger partial charge in [0.05, 0.1) is 9.40 Å². The summed E-state index contributed by atoms with van der Waals surface area (Å²) in [5.74, 6) is -0.811. The van der Waals surface area contributed by atoms with Crippen LogP contribution in [-0.2, 0) is 0 Å². The average molecular weight is 332 g/mol. The van der Waals surface area contributed by atoms with E-state index in [1.807, 2.05) is 18.9 Å². The maximum Gasteiger partial charge on any atom is 0.329 e. The highest BCUT2D eigenvalue weighted by Crippen LogP contribution is 2.35. The largest absolute Gasteiger partial charge is 0.363 e. The fourth-order valence-corrected chi connectivity index (χ4v) is 2.55. The topological polar surface area (TPSA) is 49.6 Å². The van der Waals surface area contributed by atoms with Gasteiger partial charge in [0.1, 0.15) is 5.69 Å². The fraction of sp³-hybridized carbons (Fsp3) is 0.500. The number of nitro groups is 1. The second-order valence-corrected chi connectivity index (χ2v) is 5.62. The van der Waals surface area contributed by atoms with Gasteiger partial charge in [-0.2, -0.15) is 4.39 Å². The summed E-state index contributed by atoms with van der Waals surface area (Å²) in [5.41, 5.74) is -0.100. The van der Waals surface area contributed by atoms with Crippen LogP contribution in [0.15, 0.2) is 16.6 Å². The molecule has 0 saturated carbocycles. The molecular formula is C12H15BrFN3O2. The normalized spacial score (nSPS) is 20.6. The lowest BCUT2D eigenvalue weighted by Gasteiger charge is -2.38. The van der Waals surface area contributed by atoms with Crippen LogP contribution in [0, 0.1) is 15.9 Å². The first kappa shape index (κ1) is 14.2. The van der Waals surface area contributed by atoms with Gasteiger partial charge in [0.15, 0.2) is 0 Å². The lowest BCUT2D eigenvalue weighted by atomic mass is 10.1. The summed E-state index contributed by atoms with van der Waals surface area (Å²) in [4.78, 5) is 14.5. The molecule has 0 aromatic heterocycles. The van der Waals surface area contributed by atoms with Crippen LogP contribution in [0.5, 0.6) is 0 Å². The Labute approximate surface area is 119 Å². The first-order chi connectivity index (χ1) is 8.91. The highest BCUT2D eigenvalue weighted by Gasteiger charge is 2.29. The molecule has 2 rings (SSSR count). The van der Waals surface area contributed by atoms with E-state index in [2.05, 4.69) is 20.8 Å². The summed E-state index contributed by atoms with van der Waals surface area (Å²) >= 11 is 2.99. The molecule has 1 aliphatic rings. The summed E-state index contributed by atoms with van der Waals surface area (Å²) in [6, 6.07) is 3.39. The zero-order valence-electron chi connectivity index (χ0n) is 10.8. The predicted octanol–water partition coefficient (Wildman–Crippen LogP) is 2.64. The van der Waals surface area contributed by atoms with E-state index in [0.717, 1.165) is 6.54 Å². The van der Waals surface area contributed by atoms with Crippen LogP contribution in [-0.4, -0.2) is 42.5 Å². The Hall–Kier alpha value is -1.21. The van der Waals surface area contributed by atoms with E-state index in [1.54, 1.807) is 6.07 Å². The Morgan fingerprint density at radius 1 is 1.47 bits per heavy atom. The Kier molecular flexibility index (Phi) is 4.05. The van der Waals surface area contributed by atoms with Gasteiger partial charge >= 0.3 is 5.69 Å². The first-order valence-corrected chi connectivity index (χ1v) is 6.78. The zero-order chi connectivity index (χ0) is 14.2. The third kappa shape index (κ3) is 2.71. The van der Waals surface area contributed by atoms with Crippen molar-refractivity contribution in [3.05, 3.63) is 32.5 Å². The SMILES string of the molecule is C[C@H]1CN(c2ccc(Br)c(F)c2[N+](=O)[O-])CCN1C. The van der Waals surface area contributed by atoms with Gasteiger partial charge in [-0.25, -0.2) is 0 Å². The molecule has 0 aliphatic carbocycles. The number of anilines is 1. The van der Waals surface area contributed by atoms with E-state index < -0.39 is 16.4 Å². The van der Waals surface area contributed by atoms with E-state index in [1.165, 1.54) is 6.07 Å². The third-order valence-corrected chi connectivity index (χ3v) is 4.14. The molecule has 0 amide bonds. The minimum atomic E-state index is -0.811. The maximum atomic E-state index is 13.9. The molecule has 7 heteroatoms. The van der Waals surface area contributed by atoms with Gasteiger partial charge in [-0.15, -0.1) is 0 Å². The molecule has 1 atom stereocenters. The number of rotatable bonds is 2. The van der Waals surface area contributed by atoms with Crippen LogP contribution in [0.3, 0.4) is 0 Å². The van der Waals surface area contributed by atoms with Crippen LogP contribution in [0.25, 0.3) is 0 Å². The molecule has 5 nitrogen and oxygen atoms in total. The van der Waals surface area contributed by atoms with Crippen molar-refractivity contribution >= 4 is 27.3 Å². The van der Waals surface area contributed by atoms with Crippen molar-refractivity contribution in [2.24, 2.45) is 0 Å². The highest BCUT2D eigenvalue weighted by atomic mass is 79.9. The van der Waals surface area contributed by atoms with Gasteiger partial charge in [-0.1, -0.05) is 0 Å². The Bertz CT molecular complexity index is 512. The molecule has 0 unspecified atom stereocenters. The van der Waals surface area contributed by atoms with E-state index in [-0.39, 0.29) is 10.5 Å². The lowest BCUT2D eigenvalue weighted by molar-refractivity contribution is -0.386. The molecule has 1 saturated heterocycles. The van der Waals surface area contributed by atoms with Gasteiger partial charge in [0, 0.05) is 25.7 Å². The number of halogens is 2.